The minimum Gasteiger partial charge on any atom is -0.496 e. The SMILES string of the molecule is CCNC(Cc1ccsc1)c1ccc(OC)c(Br)c1. The van der Waals surface area contributed by atoms with Gasteiger partial charge in [-0.25, -0.2) is 0 Å². The molecule has 0 aliphatic rings. The van der Waals surface area contributed by atoms with Gasteiger partial charge in [0.2, 0.25) is 0 Å². The van der Waals surface area contributed by atoms with E-state index in [1.54, 1.807) is 18.4 Å². The maximum atomic E-state index is 5.28. The number of thiophene rings is 1. The van der Waals surface area contributed by atoms with Crippen LogP contribution in [0.2, 0.25) is 0 Å². The van der Waals surface area contributed by atoms with Crippen LogP contribution in [-0.2, 0) is 6.42 Å². The summed E-state index contributed by atoms with van der Waals surface area (Å²) in [6.07, 6.45) is 1.01. The van der Waals surface area contributed by atoms with Crippen LogP contribution in [0.15, 0.2) is 39.5 Å². The van der Waals surface area contributed by atoms with Crippen LogP contribution in [-0.4, -0.2) is 13.7 Å². The van der Waals surface area contributed by atoms with Crippen molar-refractivity contribution in [2.75, 3.05) is 13.7 Å². The van der Waals surface area contributed by atoms with Crippen molar-refractivity contribution in [1.82, 2.24) is 5.32 Å². The van der Waals surface area contributed by atoms with E-state index in [1.165, 1.54) is 11.1 Å². The molecule has 1 unspecified atom stereocenters. The van der Waals surface area contributed by atoms with Gasteiger partial charge in [-0.05, 0) is 69.0 Å². The number of hydrogen-bond acceptors (Lipinski definition) is 3. The summed E-state index contributed by atoms with van der Waals surface area (Å²) in [5, 5.41) is 7.88. The van der Waals surface area contributed by atoms with Crippen LogP contribution in [0.4, 0.5) is 0 Å². The summed E-state index contributed by atoms with van der Waals surface area (Å²) in [5.41, 5.74) is 2.66. The molecule has 1 heterocycles. The molecule has 1 aromatic heterocycles. The standard InChI is InChI=1S/C15H18BrNOS/c1-3-17-14(8-11-6-7-19-10-11)12-4-5-15(18-2)13(16)9-12/h4-7,9-10,14,17H,3,8H2,1-2H3. The first-order valence-corrected chi connectivity index (χ1v) is 8.06. The molecule has 1 atom stereocenters. The predicted molar refractivity (Wildman–Crippen MR) is 85.1 cm³/mol. The fourth-order valence-electron chi connectivity index (χ4n) is 2.10. The normalized spacial score (nSPS) is 12.4. The molecule has 0 radical (unpaired) electrons. The first-order valence-electron chi connectivity index (χ1n) is 6.32. The molecule has 0 aliphatic heterocycles. The van der Waals surface area contributed by atoms with E-state index < -0.39 is 0 Å². The van der Waals surface area contributed by atoms with E-state index in [-0.39, 0.29) is 0 Å². The zero-order valence-electron chi connectivity index (χ0n) is 11.2. The monoisotopic (exact) mass is 339 g/mol. The van der Waals surface area contributed by atoms with Gasteiger partial charge < -0.3 is 10.1 Å². The highest BCUT2D eigenvalue weighted by Crippen LogP contribution is 2.29. The Hall–Kier alpha value is -0.840. The van der Waals surface area contributed by atoms with Crippen LogP contribution >= 0.6 is 27.3 Å². The summed E-state index contributed by atoms with van der Waals surface area (Å²) in [6, 6.07) is 8.80. The summed E-state index contributed by atoms with van der Waals surface area (Å²) in [6.45, 7) is 3.09. The predicted octanol–water partition coefficient (Wildman–Crippen LogP) is 4.41. The van der Waals surface area contributed by atoms with Crippen molar-refractivity contribution < 1.29 is 4.74 Å². The van der Waals surface area contributed by atoms with Gasteiger partial charge in [0, 0.05) is 6.04 Å². The molecule has 19 heavy (non-hydrogen) atoms. The fraction of sp³-hybridized carbons (Fsp3) is 0.333. The molecule has 0 spiro atoms. The van der Waals surface area contributed by atoms with Gasteiger partial charge in [0.1, 0.15) is 5.75 Å². The van der Waals surface area contributed by atoms with E-state index in [2.05, 4.69) is 57.1 Å². The highest BCUT2D eigenvalue weighted by atomic mass is 79.9. The number of halogens is 1. The zero-order chi connectivity index (χ0) is 13.7. The average molecular weight is 340 g/mol. The van der Waals surface area contributed by atoms with Crippen LogP contribution in [0.25, 0.3) is 0 Å². The quantitative estimate of drug-likeness (QED) is 0.841. The number of hydrogen-bond donors (Lipinski definition) is 1. The summed E-state index contributed by atoms with van der Waals surface area (Å²) in [4.78, 5) is 0. The molecule has 0 bridgehead atoms. The third-order valence-electron chi connectivity index (χ3n) is 3.05. The molecule has 0 saturated carbocycles. The number of ether oxygens (including phenoxy) is 1. The topological polar surface area (TPSA) is 21.3 Å². The highest BCUT2D eigenvalue weighted by Gasteiger charge is 2.13. The molecule has 2 nitrogen and oxygen atoms in total. The Morgan fingerprint density at radius 2 is 2.21 bits per heavy atom. The van der Waals surface area contributed by atoms with Crippen LogP contribution < -0.4 is 10.1 Å². The van der Waals surface area contributed by atoms with Gasteiger partial charge in [-0.1, -0.05) is 13.0 Å². The molecule has 0 saturated heterocycles. The van der Waals surface area contributed by atoms with Crippen LogP contribution in [0.1, 0.15) is 24.1 Å². The van der Waals surface area contributed by atoms with E-state index in [0.717, 1.165) is 23.2 Å². The molecule has 0 fully saturated rings. The molecular formula is C15H18BrNOS. The summed E-state index contributed by atoms with van der Waals surface area (Å²) < 4.78 is 6.28. The van der Waals surface area contributed by atoms with Crippen molar-refractivity contribution in [3.8, 4) is 5.75 Å². The van der Waals surface area contributed by atoms with Gasteiger partial charge in [0.05, 0.1) is 11.6 Å². The lowest BCUT2D eigenvalue weighted by molar-refractivity contribution is 0.411. The summed E-state index contributed by atoms with van der Waals surface area (Å²) >= 11 is 5.30. The Bertz CT molecular complexity index is 513. The molecule has 0 amide bonds. The minimum absolute atomic E-state index is 0.335. The zero-order valence-corrected chi connectivity index (χ0v) is 13.6. The number of benzene rings is 1. The van der Waals surface area contributed by atoms with Crippen molar-refractivity contribution in [3.05, 3.63) is 50.6 Å². The first kappa shape index (κ1) is 14.6. The van der Waals surface area contributed by atoms with E-state index in [1.807, 2.05) is 6.07 Å². The van der Waals surface area contributed by atoms with Gasteiger partial charge in [0.15, 0.2) is 0 Å². The molecule has 1 N–H and O–H groups in total. The lowest BCUT2D eigenvalue weighted by Crippen LogP contribution is -2.22. The second-order valence-electron chi connectivity index (χ2n) is 4.34. The molecule has 2 aromatic rings. The minimum atomic E-state index is 0.335. The van der Waals surface area contributed by atoms with E-state index >= 15 is 0 Å². The van der Waals surface area contributed by atoms with Gasteiger partial charge in [-0.2, -0.15) is 11.3 Å². The van der Waals surface area contributed by atoms with Crippen molar-refractivity contribution in [2.45, 2.75) is 19.4 Å². The van der Waals surface area contributed by atoms with E-state index in [9.17, 15) is 0 Å². The maximum Gasteiger partial charge on any atom is 0.133 e. The van der Waals surface area contributed by atoms with Crippen molar-refractivity contribution in [1.29, 1.82) is 0 Å². The van der Waals surface area contributed by atoms with Crippen LogP contribution in [0, 0.1) is 0 Å². The lowest BCUT2D eigenvalue weighted by Gasteiger charge is -2.19. The van der Waals surface area contributed by atoms with E-state index in [4.69, 9.17) is 4.74 Å². The summed E-state index contributed by atoms with van der Waals surface area (Å²) in [7, 11) is 1.69. The lowest BCUT2D eigenvalue weighted by atomic mass is 10.0. The van der Waals surface area contributed by atoms with Crippen molar-refractivity contribution >= 4 is 27.3 Å². The third kappa shape index (κ3) is 3.81. The van der Waals surface area contributed by atoms with Gasteiger partial charge in [-0.3, -0.25) is 0 Å². The number of nitrogens with one attached hydrogen (secondary N) is 1. The molecule has 4 heteroatoms. The Kier molecular flexibility index (Phi) is 5.43. The summed E-state index contributed by atoms with van der Waals surface area (Å²) in [5.74, 6) is 0.870. The Morgan fingerprint density at radius 1 is 1.37 bits per heavy atom. The van der Waals surface area contributed by atoms with Crippen molar-refractivity contribution in [2.24, 2.45) is 0 Å². The first-order chi connectivity index (χ1) is 9.24. The Morgan fingerprint density at radius 3 is 2.79 bits per heavy atom. The smallest absolute Gasteiger partial charge is 0.133 e. The highest BCUT2D eigenvalue weighted by molar-refractivity contribution is 9.10. The molecular weight excluding hydrogens is 322 g/mol. The molecule has 1 aromatic carbocycles. The molecule has 102 valence electrons. The Balaban J connectivity index is 2.20. The van der Waals surface area contributed by atoms with Crippen molar-refractivity contribution in [3.63, 3.8) is 0 Å². The van der Waals surface area contributed by atoms with Gasteiger partial charge >= 0.3 is 0 Å². The average Bonchev–Trinajstić information content (AvgIpc) is 2.91. The Labute approximate surface area is 126 Å². The third-order valence-corrected chi connectivity index (χ3v) is 4.40. The fourth-order valence-corrected chi connectivity index (χ4v) is 3.34. The number of methoxy groups -OCH3 is 1. The van der Waals surface area contributed by atoms with Crippen LogP contribution in [0.3, 0.4) is 0 Å². The largest absolute Gasteiger partial charge is 0.496 e. The second-order valence-corrected chi connectivity index (χ2v) is 5.97. The molecule has 2 rings (SSSR count). The van der Waals surface area contributed by atoms with Crippen LogP contribution in [0.5, 0.6) is 5.75 Å². The number of likely N-dealkylation sites (N-methyl/N-ethyl adjacent to an activating group) is 1. The van der Waals surface area contributed by atoms with Gasteiger partial charge in [-0.15, -0.1) is 0 Å². The van der Waals surface area contributed by atoms with Gasteiger partial charge in [0.25, 0.3) is 0 Å². The van der Waals surface area contributed by atoms with E-state index in [0.29, 0.717) is 6.04 Å². The second kappa shape index (κ2) is 7.08. The number of rotatable bonds is 6. The maximum absolute atomic E-state index is 5.28. The molecule has 0 aliphatic carbocycles.